The SMILES string of the molecule is C[C@H](Nc1nccc(-n2cnc3cc(NCC4(c5ccccc5)CCN(C(=O)OC(C)(C)C)CC4)ccc32)n1)c1ccccc1. The fraction of sp³-hybridized carbons (Fsp3) is 0.333. The molecule has 0 saturated carbocycles. The van der Waals surface area contributed by atoms with Crippen LogP contribution in [0.15, 0.2) is 97.5 Å². The van der Waals surface area contributed by atoms with E-state index in [4.69, 9.17) is 14.7 Å². The van der Waals surface area contributed by atoms with Crippen LogP contribution >= 0.6 is 0 Å². The van der Waals surface area contributed by atoms with Crippen molar-refractivity contribution in [3.8, 4) is 5.82 Å². The predicted octanol–water partition coefficient (Wildman–Crippen LogP) is 7.37. The van der Waals surface area contributed by atoms with Crippen molar-refractivity contribution in [1.82, 2.24) is 24.4 Å². The number of hydrogen-bond donors (Lipinski definition) is 2. The first kappa shape index (κ1) is 30.1. The molecule has 1 aliphatic heterocycles. The lowest BCUT2D eigenvalue weighted by Crippen LogP contribution is -2.49. The van der Waals surface area contributed by atoms with E-state index in [1.165, 1.54) is 11.1 Å². The zero-order valence-corrected chi connectivity index (χ0v) is 26.4. The van der Waals surface area contributed by atoms with E-state index in [1.54, 1.807) is 12.5 Å². The third kappa shape index (κ3) is 6.93. The summed E-state index contributed by atoms with van der Waals surface area (Å²) in [5.41, 5.74) is 4.66. The highest BCUT2D eigenvalue weighted by atomic mass is 16.6. The monoisotopic (exact) mass is 603 g/mol. The number of nitrogens with zero attached hydrogens (tertiary/aromatic N) is 5. The molecule has 6 rings (SSSR count). The van der Waals surface area contributed by atoms with Crippen molar-refractivity contribution in [2.75, 3.05) is 30.3 Å². The van der Waals surface area contributed by atoms with Crippen molar-refractivity contribution in [2.45, 2.75) is 57.6 Å². The number of fused-ring (bicyclic) bond motifs is 1. The van der Waals surface area contributed by atoms with Crippen molar-refractivity contribution in [3.63, 3.8) is 0 Å². The normalized spacial score (nSPS) is 15.4. The van der Waals surface area contributed by atoms with Crippen molar-refractivity contribution >= 4 is 28.8 Å². The number of anilines is 2. The molecule has 3 aromatic carbocycles. The number of benzene rings is 3. The number of carbonyl (C=O) groups is 1. The Morgan fingerprint density at radius 1 is 0.956 bits per heavy atom. The number of likely N-dealkylation sites (tertiary alicyclic amines) is 1. The fourth-order valence-electron chi connectivity index (χ4n) is 5.95. The molecule has 1 saturated heterocycles. The van der Waals surface area contributed by atoms with Gasteiger partial charge in [0.25, 0.3) is 0 Å². The van der Waals surface area contributed by atoms with Crippen LogP contribution in [-0.2, 0) is 10.2 Å². The van der Waals surface area contributed by atoms with Crippen LogP contribution in [0, 0.1) is 0 Å². The Labute approximate surface area is 264 Å². The average Bonchev–Trinajstić information content (AvgIpc) is 3.48. The second-order valence-corrected chi connectivity index (χ2v) is 12.8. The summed E-state index contributed by atoms with van der Waals surface area (Å²) in [6, 6.07) is 29.1. The van der Waals surface area contributed by atoms with Gasteiger partial charge in [0.2, 0.25) is 5.95 Å². The van der Waals surface area contributed by atoms with Crippen LogP contribution in [0.25, 0.3) is 16.9 Å². The van der Waals surface area contributed by atoms with Gasteiger partial charge >= 0.3 is 6.09 Å². The van der Waals surface area contributed by atoms with Crippen LogP contribution in [-0.4, -0.2) is 55.7 Å². The summed E-state index contributed by atoms with van der Waals surface area (Å²) in [6.07, 6.45) is 5.01. The molecule has 1 amide bonds. The quantitative estimate of drug-likeness (QED) is 0.191. The molecule has 0 radical (unpaired) electrons. The molecule has 0 unspecified atom stereocenters. The summed E-state index contributed by atoms with van der Waals surface area (Å²) < 4.78 is 7.63. The molecule has 0 spiro atoms. The topological polar surface area (TPSA) is 97.2 Å². The van der Waals surface area contributed by atoms with Gasteiger partial charge in [0.15, 0.2) is 0 Å². The maximum absolute atomic E-state index is 12.8. The summed E-state index contributed by atoms with van der Waals surface area (Å²) in [5, 5.41) is 7.11. The minimum Gasteiger partial charge on any atom is -0.444 e. The van der Waals surface area contributed by atoms with Gasteiger partial charge in [-0.05, 0) is 75.9 Å². The number of piperidine rings is 1. The lowest BCUT2D eigenvalue weighted by Gasteiger charge is -2.42. The van der Waals surface area contributed by atoms with E-state index in [9.17, 15) is 4.79 Å². The molecule has 3 heterocycles. The van der Waals surface area contributed by atoms with Gasteiger partial charge in [-0.15, -0.1) is 0 Å². The van der Waals surface area contributed by atoms with Gasteiger partial charge in [0.05, 0.1) is 17.1 Å². The van der Waals surface area contributed by atoms with Crippen LogP contribution in [0.2, 0.25) is 0 Å². The van der Waals surface area contributed by atoms with Crippen LogP contribution in [0.4, 0.5) is 16.4 Å². The number of carbonyl (C=O) groups excluding carboxylic acids is 1. The molecule has 9 nitrogen and oxygen atoms in total. The third-order valence-corrected chi connectivity index (χ3v) is 8.47. The summed E-state index contributed by atoms with van der Waals surface area (Å²) in [5.74, 6) is 1.31. The smallest absolute Gasteiger partial charge is 0.410 e. The van der Waals surface area contributed by atoms with E-state index in [0.29, 0.717) is 19.0 Å². The van der Waals surface area contributed by atoms with Gasteiger partial charge in [-0.2, -0.15) is 4.98 Å². The van der Waals surface area contributed by atoms with Crippen molar-refractivity contribution in [3.05, 3.63) is 109 Å². The molecule has 0 aliphatic carbocycles. The molecule has 9 heteroatoms. The molecule has 1 atom stereocenters. The zero-order chi connectivity index (χ0) is 31.4. The van der Waals surface area contributed by atoms with E-state index >= 15 is 0 Å². The second kappa shape index (κ2) is 12.6. The Hall–Kier alpha value is -4.92. The largest absolute Gasteiger partial charge is 0.444 e. The highest BCUT2D eigenvalue weighted by Gasteiger charge is 2.38. The lowest BCUT2D eigenvalue weighted by atomic mass is 9.72. The van der Waals surface area contributed by atoms with Crippen LogP contribution < -0.4 is 10.6 Å². The van der Waals surface area contributed by atoms with E-state index in [1.807, 2.05) is 60.6 Å². The minimum absolute atomic E-state index is 0.0679. The summed E-state index contributed by atoms with van der Waals surface area (Å²) in [7, 11) is 0. The first-order valence-corrected chi connectivity index (χ1v) is 15.6. The van der Waals surface area contributed by atoms with E-state index in [0.717, 1.165) is 41.9 Å². The molecule has 45 heavy (non-hydrogen) atoms. The average molecular weight is 604 g/mol. The Morgan fingerprint density at radius 3 is 2.38 bits per heavy atom. The van der Waals surface area contributed by atoms with Crippen molar-refractivity contribution in [1.29, 1.82) is 0 Å². The molecule has 232 valence electrons. The number of hydrogen-bond acceptors (Lipinski definition) is 7. The summed E-state index contributed by atoms with van der Waals surface area (Å²) in [4.78, 5) is 28.5. The number of imidazole rings is 1. The fourth-order valence-corrected chi connectivity index (χ4v) is 5.95. The summed E-state index contributed by atoms with van der Waals surface area (Å²) in [6.45, 7) is 9.85. The highest BCUT2D eigenvalue weighted by Crippen LogP contribution is 2.36. The Morgan fingerprint density at radius 2 is 1.67 bits per heavy atom. The number of rotatable bonds is 8. The predicted molar refractivity (Wildman–Crippen MR) is 179 cm³/mol. The van der Waals surface area contributed by atoms with Crippen LogP contribution in [0.1, 0.15) is 57.7 Å². The van der Waals surface area contributed by atoms with Crippen LogP contribution in [0.3, 0.4) is 0 Å². The molecule has 2 N–H and O–H groups in total. The lowest BCUT2D eigenvalue weighted by molar-refractivity contribution is 0.0169. The Balaban J connectivity index is 1.17. The second-order valence-electron chi connectivity index (χ2n) is 12.8. The molecule has 1 fully saturated rings. The maximum atomic E-state index is 12.8. The first-order valence-electron chi connectivity index (χ1n) is 15.6. The molecule has 2 aromatic heterocycles. The number of ether oxygens (including phenoxy) is 1. The van der Waals surface area contributed by atoms with Gasteiger partial charge in [-0.25, -0.2) is 14.8 Å². The number of nitrogens with one attached hydrogen (secondary N) is 2. The molecule has 0 bridgehead atoms. The van der Waals surface area contributed by atoms with Crippen molar-refractivity contribution in [2.24, 2.45) is 0 Å². The maximum Gasteiger partial charge on any atom is 0.410 e. The van der Waals surface area contributed by atoms with Gasteiger partial charge in [-0.1, -0.05) is 60.7 Å². The van der Waals surface area contributed by atoms with E-state index in [-0.39, 0.29) is 17.6 Å². The summed E-state index contributed by atoms with van der Waals surface area (Å²) >= 11 is 0. The molecule has 5 aromatic rings. The van der Waals surface area contributed by atoms with Crippen molar-refractivity contribution < 1.29 is 9.53 Å². The molecular weight excluding hydrogens is 562 g/mol. The van der Waals surface area contributed by atoms with Gasteiger partial charge in [0, 0.05) is 36.9 Å². The van der Waals surface area contributed by atoms with Gasteiger partial charge in [-0.3, -0.25) is 4.57 Å². The van der Waals surface area contributed by atoms with Crippen LogP contribution in [0.5, 0.6) is 0 Å². The molecule has 1 aliphatic rings. The van der Waals surface area contributed by atoms with E-state index in [2.05, 4.69) is 77.1 Å². The number of amides is 1. The van der Waals surface area contributed by atoms with E-state index < -0.39 is 5.60 Å². The Bertz CT molecular complexity index is 1740. The third-order valence-electron chi connectivity index (χ3n) is 8.47. The minimum atomic E-state index is -0.508. The standard InChI is InChI=1S/C36H41N7O2/c1-26(27-11-7-5-8-12-27)40-33-37-20-17-32(41-33)43-25-39-30-23-29(15-16-31(30)43)38-24-36(28-13-9-6-10-14-28)18-21-42(22-19-36)34(44)45-35(2,3)4/h5-17,20,23,25-26,38H,18-19,21-22,24H2,1-4H3,(H,37,40,41)/t26-/m0/s1. The molecular formula is C36H41N7O2. The zero-order valence-electron chi connectivity index (χ0n) is 26.4. The first-order chi connectivity index (χ1) is 21.7. The van der Waals surface area contributed by atoms with Gasteiger partial charge < -0.3 is 20.3 Å². The number of aromatic nitrogens is 4. The Kier molecular flexibility index (Phi) is 8.43. The van der Waals surface area contributed by atoms with Gasteiger partial charge in [0.1, 0.15) is 17.7 Å². The highest BCUT2D eigenvalue weighted by molar-refractivity contribution is 5.81.